The lowest BCUT2D eigenvalue weighted by atomic mass is 10.2. The van der Waals surface area contributed by atoms with E-state index in [0.29, 0.717) is 11.4 Å². The van der Waals surface area contributed by atoms with Gasteiger partial charge in [-0.15, -0.1) is 0 Å². The molecule has 0 atom stereocenters. The van der Waals surface area contributed by atoms with Crippen LogP contribution >= 0.6 is 11.6 Å². The third-order valence-electron chi connectivity index (χ3n) is 2.85. The number of aromatic hydroxyl groups is 1. The zero-order valence-electron chi connectivity index (χ0n) is 10.3. The highest BCUT2D eigenvalue weighted by molar-refractivity contribution is 6.30. The predicted molar refractivity (Wildman–Crippen MR) is 72.9 cm³/mol. The van der Waals surface area contributed by atoms with Crippen molar-refractivity contribution < 1.29 is 5.11 Å². The Kier molecular flexibility index (Phi) is 3.76. The SMILES string of the molecule is CCc1c(O)n(Cc2cccc(Cl)c2)c(=O)[nH]c1=O. The van der Waals surface area contributed by atoms with Gasteiger partial charge < -0.3 is 5.11 Å². The number of nitrogens with zero attached hydrogens (tertiary/aromatic N) is 1. The number of aromatic nitrogens is 2. The Morgan fingerprint density at radius 1 is 1.37 bits per heavy atom. The average molecular weight is 281 g/mol. The largest absolute Gasteiger partial charge is 0.494 e. The first-order valence-electron chi connectivity index (χ1n) is 5.82. The van der Waals surface area contributed by atoms with Gasteiger partial charge in [0.05, 0.1) is 12.1 Å². The van der Waals surface area contributed by atoms with Crippen molar-refractivity contribution in [2.75, 3.05) is 0 Å². The minimum atomic E-state index is -0.639. The van der Waals surface area contributed by atoms with Crippen LogP contribution in [0, 0.1) is 0 Å². The van der Waals surface area contributed by atoms with Crippen molar-refractivity contribution in [3.8, 4) is 5.88 Å². The number of H-pyrrole nitrogens is 1. The second kappa shape index (κ2) is 5.32. The topological polar surface area (TPSA) is 75.1 Å². The van der Waals surface area contributed by atoms with E-state index in [4.69, 9.17) is 11.6 Å². The van der Waals surface area contributed by atoms with E-state index >= 15 is 0 Å². The smallest absolute Gasteiger partial charge is 0.331 e. The molecule has 5 nitrogen and oxygen atoms in total. The first-order valence-corrected chi connectivity index (χ1v) is 6.20. The molecule has 2 N–H and O–H groups in total. The molecule has 19 heavy (non-hydrogen) atoms. The normalized spacial score (nSPS) is 10.6. The maximum absolute atomic E-state index is 11.7. The van der Waals surface area contributed by atoms with Gasteiger partial charge in [-0.3, -0.25) is 14.3 Å². The molecule has 0 unspecified atom stereocenters. The lowest BCUT2D eigenvalue weighted by Gasteiger charge is -2.10. The van der Waals surface area contributed by atoms with Crippen LogP contribution in [-0.4, -0.2) is 14.7 Å². The lowest BCUT2D eigenvalue weighted by Crippen LogP contribution is -2.32. The molecule has 0 spiro atoms. The van der Waals surface area contributed by atoms with Crippen LogP contribution in [0.5, 0.6) is 5.88 Å². The van der Waals surface area contributed by atoms with Crippen molar-refractivity contribution in [2.24, 2.45) is 0 Å². The molecular formula is C13H13ClN2O3. The molecule has 0 saturated carbocycles. The number of hydrogen-bond donors (Lipinski definition) is 2. The van der Waals surface area contributed by atoms with Crippen LogP contribution in [0.3, 0.4) is 0 Å². The predicted octanol–water partition coefficient (Wildman–Crippen LogP) is 1.51. The number of hydrogen-bond acceptors (Lipinski definition) is 3. The highest BCUT2D eigenvalue weighted by Crippen LogP contribution is 2.15. The Morgan fingerprint density at radius 2 is 2.11 bits per heavy atom. The second-order valence-electron chi connectivity index (χ2n) is 4.13. The average Bonchev–Trinajstić information content (AvgIpc) is 2.35. The molecule has 1 aromatic heterocycles. The highest BCUT2D eigenvalue weighted by atomic mass is 35.5. The summed E-state index contributed by atoms with van der Waals surface area (Å²) in [5, 5.41) is 10.5. The number of benzene rings is 1. The van der Waals surface area contributed by atoms with Gasteiger partial charge in [0.15, 0.2) is 0 Å². The van der Waals surface area contributed by atoms with Crippen molar-refractivity contribution in [3.63, 3.8) is 0 Å². The monoisotopic (exact) mass is 280 g/mol. The molecule has 0 saturated heterocycles. The van der Waals surface area contributed by atoms with Gasteiger partial charge in [-0.05, 0) is 24.1 Å². The molecule has 100 valence electrons. The third kappa shape index (κ3) is 2.71. The Balaban J connectivity index is 2.52. The van der Waals surface area contributed by atoms with Crippen molar-refractivity contribution in [1.82, 2.24) is 9.55 Å². The fraction of sp³-hybridized carbons (Fsp3) is 0.231. The summed E-state index contributed by atoms with van der Waals surface area (Å²) in [4.78, 5) is 25.4. The Bertz CT molecular complexity index is 719. The molecule has 2 rings (SSSR count). The number of rotatable bonds is 3. The molecule has 0 aliphatic rings. The van der Waals surface area contributed by atoms with Gasteiger partial charge in [0.2, 0.25) is 5.88 Å². The van der Waals surface area contributed by atoms with E-state index in [1.54, 1.807) is 31.2 Å². The zero-order chi connectivity index (χ0) is 14.0. The van der Waals surface area contributed by atoms with E-state index in [0.717, 1.165) is 10.1 Å². The van der Waals surface area contributed by atoms with Crippen molar-refractivity contribution in [1.29, 1.82) is 0 Å². The quantitative estimate of drug-likeness (QED) is 0.895. The van der Waals surface area contributed by atoms with Crippen LogP contribution in [0.25, 0.3) is 0 Å². The summed E-state index contributed by atoms with van der Waals surface area (Å²) in [6, 6.07) is 6.96. The Morgan fingerprint density at radius 3 is 2.74 bits per heavy atom. The molecule has 0 bridgehead atoms. The van der Waals surface area contributed by atoms with Crippen molar-refractivity contribution in [2.45, 2.75) is 19.9 Å². The van der Waals surface area contributed by atoms with Crippen LogP contribution in [-0.2, 0) is 13.0 Å². The standard InChI is InChI=1S/C13H13ClN2O3/c1-2-10-11(17)15-13(19)16(12(10)18)7-8-4-3-5-9(14)6-8/h3-6,18H,2,7H2,1H3,(H,15,17,19). The summed E-state index contributed by atoms with van der Waals surface area (Å²) < 4.78 is 1.12. The summed E-state index contributed by atoms with van der Waals surface area (Å²) >= 11 is 5.87. The fourth-order valence-corrected chi connectivity index (χ4v) is 2.10. The Labute approximate surface area is 114 Å². The van der Waals surface area contributed by atoms with Crippen molar-refractivity contribution >= 4 is 11.6 Å². The summed E-state index contributed by atoms with van der Waals surface area (Å²) in [7, 11) is 0. The lowest BCUT2D eigenvalue weighted by molar-refractivity contribution is 0.402. The first kappa shape index (κ1) is 13.4. The van der Waals surface area contributed by atoms with Gasteiger partial charge in [0.25, 0.3) is 5.56 Å². The van der Waals surface area contributed by atoms with Crippen LogP contribution in [0.4, 0.5) is 0 Å². The van der Waals surface area contributed by atoms with Crippen LogP contribution < -0.4 is 11.2 Å². The van der Waals surface area contributed by atoms with E-state index < -0.39 is 11.2 Å². The second-order valence-corrected chi connectivity index (χ2v) is 4.57. The molecule has 0 aliphatic heterocycles. The van der Waals surface area contributed by atoms with Crippen LogP contribution in [0.1, 0.15) is 18.1 Å². The molecule has 2 aromatic rings. The molecule has 0 aliphatic carbocycles. The van der Waals surface area contributed by atoms with Gasteiger partial charge in [-0.1, -0.05) is 30.7 Å². The molecule has 1 heterocycles. The maximum Gasteiger partial charge on any atom is 0.331 e. The van der Waals surface area contributed by atoms with Gasteiger partial charge in [0.1, 0.15) is 0 Å². The highest BCUT2D eigenvalue weighted by Gasteiger charge is 2.12. The van der Waals surface area contributed by atoms with E-state index in [9.17, 15) is 14.7 Å². The van der Waals surface area contributed by atoms with E-state index in [2.05, 4.69) is 4.98 Å². The molecule has 1 aromatic carbocycles. The van der Waals surface area contributed by atoms with Gasteiger partial charge in [0, 0.05) is 5.02 Å². The van der Waals surface area contributed by atoms with E-state index in [1.165, 1.54) is 0 Å². The molecule has 0 fully saturated rings. The van der Waals surface area contributed by atoms with Crippen LogP contribution in [0.2, 0.25) is 5.02 Å². The molecule has 6 heteroatoms. The summed E-state index contributed by atoms with van der Waals surface area (Å²) in [5.41, 5.74) is -0.229. The van der Waals surface area contributed by atoms with Gasteiger partial charge in [-0.25, -0.2) is 4.79 Å². The van der Waals surface area contributed by atoms with E-state index in [-0.39, 0.29) is 18.0 Å². The summed E-state index contributed by atoms with van der Waals surface area (Å²) in [6.07, 6.45) is 0.344. The summed E-state index contributed by atoms with van der Waals surface area (Å²) in [5.74, 6) is -0.295. The van der Waals surface area contributed by atoms with Crippen molar-refractivity contribution in [3.05, 3.63) is 61.3 Å². The zero-order valence-corrected chi connectivity index (χ0v) is 11.1. The fourth-order valence-electron chi connectivity index (χ4n) is 1.88. The van der Waals surface area contributed by atoms with E-state index in [1.807, 2.05) is 0 Å². The van der Waals surface area contributed by atoms with Gasteiger partial charge in [-0.2, -0.15) is 0 Å². The number of nitrogens with one attached hydrogen (secondary N) is 1. The third-order valence-corrected chi connectivity index (χ3v) is 3.08. The number of aromatic amines is 1. The summed E-state index contributed by atoms with van der Waals surface area (Å²) in [6.45, 7) is 1.88. The molecular weight excluding hydrogens is 268 g/mol. The Hall–Kier alpha value is -2.01. The van der Waals surface area contributed by atoms with Gasteiger partial charge >= 0.3 is 5.69 Å². The first-order chi connectivity index (χ1) is 9.02. The van der Waals surface area contributed by atoms with Crippen LogP contribution in [0.15, 0.2) is 33.9 Å². The number of halogens is 1. The molecule has 0 radical (unpaired) electrons. The molecule has 0 amide bonds. The maximum atomic E-state index is 11.7. The minimum Gasteiger partial charge on any atom is -0.494 e. The minimum absolute atomic E-state index is 0.148.